The quantitative estimate of drug-likeness (QED) is 0.638. The van der Waals surface area contributed by atoms with Gasteiger partial charge in [-0.2, -0.15) is 0 Å². The summed E-state index contributed by atoms with van der Waals surface area (Å²) in [6.07, 6.45) is 2.18. The number of nitrogens with zero attached hydrogens (tertiary/aromatic N) is 2. The molecule has 0 saturated carbocycles. The molecule has 0 radical (unpaired) electrons. The predicted octanol–water partition coefficient (Wildman–Crippen LogP) is 0.947. The molecular weight excluding hydrogens is 164 g/mol. The van der Waals surface area contributed by atoms with E-state index >= 15 is 0 Å². The Labute approximate surface area is 80.7 Å². The van der Waals surface area contributed by atoms with E-state index in [1.807, 2.05) is 14.1 Å². The lowest BCUT2D eigenvalue weighted by atomic mass is 10.2. The van der Waals surface area contributed by atoms with Crippen molar-refractivity contribution in [3.63, 3.8) is 0 Å². The van der Waals surface area contributed by atoms with Crippen LogP contribution in [0.15, 0.2) is 0 Å². The van der Waals surface area contributed by atoms with Crippen LogP contribution < -0.4 is 0 Å². The first-order valence-electron chi connectivity index (χ1n) is 5.01. The van der Waals surface area contributed by atoms with Crippen LogP contribution in [-0.4, -0.2) is 48.4 Å². The van der Waals surface area contributed by atoms with Crippen molar-refractivity contribution in [1.82, 2.24) is 9.80 Å². The third kappa shape index (κ3) is 2.21. The average Bonchev–Trinajstić information content (AvgIpc) is 2.50. The highest BCUT2D eigenvalue weighted by Crippen LogP contribution is 2.20. The number of carbonyl (C=O) groups excluding carboxylic acids is 1. The minimum Gasteiger partial charge on any atom is -0.347 e. The normalized spacial score (nSPS) is 23.9. The number of rotatable bonds is 2. The van der Waals surface area contributed by atoms with Crippen LogP contribution in [-0.2, 0) is 4.79 Å². The van der Waals surface area contributed by atoms with Gasteiger partial charge in [-0.3, -0.25) is 9.69 Å². The second-order valence-corrected chi connectivity index (χ2v) is 4.22. The van der Waals surface area contributed by atoms with Crippen molar-refractivity contribution in [2.75, 3.05) is 20.6 Å². The minimum atomic E-state index is 0.134. The van der Waals surface area contributed by atoms with Gasteiger partial charge in [0.05, 0.1) is 6.04 Å². The van der Waals surface area contributed by atoms with Crippen LogP contribution in [0.3, 0.4) is 0 Å². The highest BCUT2D eigenvalue weighted by Gasteiger charge is 2.32. The molecule has 0 N–H and O–H groups in total. The molecule has 0 spiro atoms. The van der Waals surface area contributed by atoms with Gasteiger partial charge < -0.3 is 4.90 Å². The molecule has 1 amide bonds. The molecule has 3 nitrogen and oxygen atoms in total. The summed E-state index contributed by atoms with van der Waals surface area (Å²) in [5.41, 5.74) is 0. The summed E-state index contributed by atoms with van der Waals surface area (Å²) in [5.74, 6) is 0.256. The minimum absolute atomic E-state index is 0.134. The first kappa shape index (κ1) is 10.5. The van der Waals surface area contributed by atoms with E-state index in [4.69, 9.17) is 0 Å². The van der Waals surface area contributed by atoms with Gasteiger partial charge in [-0.1, -0.05) is 0 Å². The first-order chi connectivity index (χ1) is 6.04. The zero-order valence-corrected chi connectivity index (χ0v) is 9.08. The maximum absolute atomic E-state index is 11.7. The van der Waals surface area contributed by atoms with Crippen LogP contribution in [0, 0.1) is 0 Å². The van der Waals surface area contributed by atoms with Gasteiger partial charge in [-0.25, -0.2) is 0 Å². The first-order valence-corrected chi connectivity index (χ1v) is 5.01. The molecule has 0 unspecified atom stereocenters. The number of hydrogen-bond donors (Lipinski definition) is 0. The van der Waals surface area contributed by atoms with E-state index in [1.165, 1.54) is 0 Å². The lowest BCUT2D eigenvalue weighted by molar-refractivity contribution is -0.133. The topological polar surface area (TPSA) is 23.6 Å². The highest BCUT2D eigenvalue weighted by atomic mass is 16.2. The molecule has 1 saturated heterocycles. The maximum Gasteiger partial charge on any atom is 0.239 e. The van der Waals surface area contributed by atoms with Gasteiger partial charge in [0.1, 0.15) is 0 Å². The Bertz CT molecular complexity index is 189. The number of hydrogen-bond acceptors (Lipinski definition) is 2. The molecule has 0 bridgehead atoms. The maximum atomic E-state index is 11.7. The number of amides is 1. The van der Waals surface area contributed by atoms with E-state index in [9.17, 15) is 4.79 Å². The fourth-order valence-corrected chi connectivity index (χ4v) is 1.97. The Balaban J connectivity index is 2.63. The number of likely N-dealkylation sites (N-methyl/N-ethyl adjacent to an activating group) is 1. The van der Waals surface area contributed by atoms with Crippen molar-refractivity contribution in [1.29, 1.82) is 0 Å². The van der Waals surface area contributed by atoms with Gasteiger partial charge in [0.15, 0.2) is 0 Å². The van der Waals surface area contributed by atoms with E-state index < -0.39 is 0 Å². The zero-order valence-electron chi connectivity index (χ0n) is 9.08. The smallest absolute Gasteiger partial charge is 0.239 e. The van der Waals surface area contributed by atoms with Gasteiger partial charge in [0.25, 0.3) is 0 Å². The van der Waals surface area contributed by atoms with Crippen LogP contribution >= 0.6 is 0 Å². The molecule has 0 aromatic rings. The van der Waals surface area contributed by atoms with Crippen molar-refractivity contribution in [3.05, 3.63) is 0 Å². The molecule has 0 aliphatic carbocycles. The second kappa shape index (κ2) is 4.09. The summed E-state index contributed by atoms with van der Waals surface area (Å²) in [5, 5.41) is 0. The zero-order chi connectivity index (χ0) is 10.0. The molecule has 13 heavy (non-hydrogen) atoms. The van der Waals surface area contributed by atoms with Crippen LogP contribution in [0.5, 0.6) is 0 Å². The molecule has 1 rings (SSSR count). The third-order valence-electron chi connectivity index (χ3n) is 2.68. The Kier molecular flexibility index (Phi) is 3.31. The van der Waals surface area contributed by atoms with E-state index in [2.05, 4.69) is 18.7 Å². The molecule has 0 aromatic heterocycles. The molecule has 1 aliphatic heterocycles. The van der Waals surface area contributed by atoms with Crippen LogP contribution in [0.2, 0.25) is 0 Å². The summed E-state index contributed by atoms with van der Waals surface area (Å²) in [6, 6.07) is 0.617. The fourth-order valence-electron chi connectivity index (χ4n) is 1.97. The summed E-state index contributed by atoms with van der Waals surface area (Å²) in [6.45, 7) is 5.38. The lowest BCUT2D eigenvalue weighted by Crippen LogP contribution is -2.45. The molecule has 1 heterocycles. The summed E-state index contributed by atoms with van der Waals surface area (Å²) < 4.78 is 0. The third-order valence-corrected chi connectivity index (χ3v) is 2.68. The standard InChI is InChI=1S/C10H20N2O/c1-8(2)12-7-5-6-9(12)10(13)11(3)4/h8-9H,5-7H2,1-4H3/t9-/m0/s1. The monoisotopic (exact) mass is 184 g/mol. The Morgan fingerprint density at radius 2 is 2.08 bits per heavy atom. The highest BCUT2D eigenvalue weighted by molar-refractivity contribution is 5.81. The van der Waals surface area contributed by atoms with E-state index in [-0.39, 0.29) is 11.9 Å². The van der Waals surface area contributed by atoms with E-state index in [0.717, 1.165) is 19.4 Å². The predicted molar refractivity (Wildman–Crippen MR) is 53.6 cm³/mol. The molecular formula is C10H20N2O. The average molecular weight is 184 g/mol. The summed E-state index contributed by atoms with van der Waals surface area (Å²) in [4.78, 5) is 15.7. The van der Waals surface area contributed by atoms with E-state index in [0.29, 0.717) is 6.04 Å². The van der Waals surface area contributed by atoms with Crippen LogP contribution in [0.25, 0.3) is 0 Å². The lowest BCUT2D eigenvalue weighted by Gasteiger charge is -2.29. The summed E-state index contributed by atoms with van der Waals surface area (Å²) >= 11 is 0. The van der Waals surface area contributed by atoms with Gasteiger partial charge in [-0.15, -0.1) is 0 Å². The number of carbonyl (C=O) groups is 1. The van der Waals surface area contributed by atoms with Crippen molar-refractivity contribution in [2.24, 2.45) is 0 Å². The van der Waals surface area contributed by atoms with Gasteiger partial charge in [-0.05, 0) is 33.2 Å². The molecule has 76 valence electrons. The van der Waals surface area contributed by atoms with Crippen LogP contribution in [0.4, 0.5) is 0 Å². The molecule has 1 atom stereocenters. The fraction of sp³-hybridized carbons (Fsp3) is 0.900. The van der Waals surface area contributed by atoms with Crippen molar-refractivity contribution in [3.8, 4) is 0 Å². The number of likely N-dealkylation sites (tertiary alicyclic amines) is 1. The van der Waals surface area contributed by atoms with Crippen molar-refractivity contribution < 1.29 is 4.79 Å². The van der Waals surface area contributed by atoms with Gasteiger partial charge in [0, 0.05) is 20.1 Å². The SMILES string of the molecule is CC(C)N1CCC[C@H]1C(=O)N(C)C. The Hall–Kier alpha value is -0.570. The van der Waals surface area contributed by atoms with Gasteiger partial charge >= 0.3 is 0 Å². The Morgan fingerprint density at radius 1 is 1.46 bits per heavy atom. The molecule has 1 fully saturated rings. The van der Waals surface area contributed by atoms with Crippen molar-refractivity contribution in [2.45, 2.75) is 38.8 Å². The van der Waals surface area contributed by atoms with Crippen LogP contribution in [0.1, 0.15) is 26.7 Å². The molecule has 1 aliphatic rings. The molecule has 3 heteroatoms. The molecule has 0 aromatic carbocycles. The van der Waals surface area contributed by atoms with Crippen molar-refractivity contribution >= 4 is 5.91 Å². The van der Waals surface area contributed by atoms with E-state index in [1.54, 1.807) is 4.90 Å². The second-order valence-electron chi connectivity index (χ2n) is 4.22. The summed E-state index contributed by atoms with van der Waals surface area (Å²) in [7, 11) is 3.66. The van der Waals surface area contributed by atoms with Gasteiger partial charge in [0.2, 0.25) is 5.91 Å². The largest absolute Gasteiger partial charge is 0.347 e. The Morgan fingerprint density at radius 3 is 2.54 bits per heavy atom.